The van der Waals surface area contributed by atoms with Crippen molar-refractivity contribution in [3.8, 4) is 0 Å². The fourth-order valence-corrected chi connectivity index (χ4v) is 0.673. The molecule has 2 radical (unpaired) electrons. The van der Waals surface area contributed by atoms with E-state index in [4.69, 9.17) is 0 Å². The maximum Gasteiger partial charge on any atom is 0.189 e. The van der Waals surface area contributed by atoms with Crippen LogP contribution in [0.5, 0.6) is 0 Å². The Morgan fingerprint density at radius 3 is 2.44 bits per heavy atom. The third-order valence-electron chi connectivity index (χ3n) is 1.11. The van der Waals surface area contributed by atoms with Crippen molar-refractivity contribution in [1.29, 1.82) is 0 Å². The maximum atomic E-state index is 11.4. The quantitative estimate of drug-likeness (QED) is 0.564. The molecular weight excluding hydrogens is 115 g/mol. The second-order valence-electron chi connectivity index (χ2n) is 1.80. The lowest BCUT2D eigenvalue weighted by atomic mass is 10.2. The zero-order valence-electron chi connectivity index (χ0n) is 4.97. The average molecular weight is 122 g/mol. The van der Waals surface area contributed by atoms with Gasteiger partial charge in [0.25, 0.3) is 0 Å². The van der Waals surface area contributed by atoms with Crippen LogP contribution in [0.25, 0.3) is 0 Å². The first kappa shape index (κ1) is 6.27. The zero-order valence-corrected chi connectivity index (χ0v) is 4.97. The second-order valence-corrected chi connectivity index (χ2v) is 1.80. The Labute approximate surface area is 54.3 Å². The molecule has 0 bridgehead atoms. The van der Waals surface area contributed by atoms with Crippen molar-refractivity contribution in [2.24, 2.45) is 0 Å². The van der Waals surface area contributed by atoms with Crippen LogP contribution in [0.2, 0.25) is 0 Å². The molecule has 0 fully saturated rings. The van der Waals surface area contributed by atoms with Crippen LogP contribution in [0.4, 0.5) is 4.39 Å². The molecule has 0 heterocycles. The molecule has 1 heteroatoms. The number of benzene rings is 1. The van der Waals surface area contributed by atoms with Crippen molar-refractivity contribution in [1.82, 2.24) is 0 Å². The van der Waals surface area contributed by atoms with E-state index in [2.05, 4.69) is 0 Å². The van der Waals surface area contributed by atoms with Crippen LogP contribution in [0, 0.1) is 6.67 Å². The molecule has 0 aliphatic rings. The lowest BCUT2D eigenvalue weighted by molar-refractivity contribution is 0.599. The van der Waals surface area contributed by atoms with Gasteiger partial charge in [-0.15, -0.1) is 0 Å². The van der Waals surface area contributed by atoms with Crippen molar-refractivity contribution in [2.75, 3.05) is 0 Å². The lowest BCUT2D eigenvalue weighted by Gasteiger charge is -1.91. The molecule has 0 amide bonds. The minimum Gasteiger partial charge on any atom is -0.236 e. The van der Waals surface area contributed by atoms with E-state index >= 15 is 0 Å². The van der Waals surface area contributed by atoms with E-state index in [1.54, 1.807) is 6.67 Å². The summed E-state index contributed by atoms with van der Waals surface area (Å²) in [5, 5.41) is 0. The predicted molar refractivity (Wildman–Crippen MR) is 34.5 cm³/mol. The normalized spacial score (nSPS) is 9.44. The first-order chi connectivity index (χ1) is 4.43. The maximum absolute atomic E-state index is 11.4. The fraction of sp³-hybridized carbons (Fsp3) is 0.125. The van der Waals surface area contributed by atoms with E-state index in [1.807, 2.05) is 30.3 Å². The fourth-order valence-electron chi connectivity index (χ4n) is 0.673. The summed E-state index contributed by atoms with van der Waals surface area (Å²) < 4.78 is 11.4. The van der Waals surface area contributed by atoms with Gasteiger partial charge in [-0.25, -0.2) is 4.39 Å². The largest absolute Gasteiger partial charge is 0.236 e. The average Bonchev–Trinajstić information content (AvgIpc) is 1.91. The zero-order chi connectivity index (χ0) is 6.53. The molecule has 0 saturated heterocycles. The number of hydrogen-bond donors (Lipinski definition) is 0. The molecule has 0 aliphatic carbocycles. The van der Waals surface area contributed by atoms with Crippen LogP contribution < -0.4 is 0 Å². The molecule has 1 aromatic rings. The van der Waals surface area contributed by atoms with Crippen molar-refractivity contribution in [3.63, 3.8) is 0 Å². The summed E-state index contributed by atoms with van der Waals surface area (Å²) in [6.45, 7) is 1.58. The predicted octanol–water partition coefficient (Wildman–Crippen LogP) is 2.24. The molecule has 0 spiro atoms. The van der Waals surface area contributed by atoms with Gasteiger partial charge in [-0.3, -0.25) is 0 Å². The first-order valence-corrected chi connectivity index (χ1v) is 2.81. The molecule has 0 atom stereocenters. The van der Waals surface area contributed by atoms with Crippen LogP contribution >= 0.6 is 0 Å². The van der Waals surface area contributed by atoms with E-state index in [0.29, 0.717) is 6.42 Å². The lowest BCUT2D eigenvalue weighted by Crippen LogP contribution is -1.78. The molecule has 0 aliphatic heterocycles. The standard InChI is InChI=1S/C8H7F/c9-7-6-8-4-2-1-3-5-8/h1-5H,6H2. The van der Waals surface area contributed by atoms with Gasteiger partial charge in [-0.05, 0) is 5.56 Å². The van der Waals surface area contributed by atoms with Crippen LogP contribution in [-0.4, -0.2) is 0 Å². The Morgan fingerprint density at radius 2 is 1.89 bits per heavy atom. The van der Waals surface area contributed by atoms with E-state index in [0.717, 1.165) is 5.56 Å². The molecule has 9 heavy (non-hydrogen) atoms. The van der Waals surface area contributed by atoms with Gasteiger partial charge in [-0.1, -0.05) is 30.3 Å². The van der Waals surface area contributed by atoms with Crippen molar-refractivity contribution >= 4 is 0 Å². The highest BCUT2D eigenvalue weighted by atomic mass is 19.1. The van der Waals surface area contributed by atoms with Crippen LogP contribution in [-0.2, 0) is 6.42 Å². The summed E-state index contributed by atoms with van der Waals surface area (Å²) in [6.07, 6.45) is 0.292. The van der Waals surface area contributed by atoms with Crippen LogP contribution in [0.1, 0.15) is 5.56 Å². The summed E-state index contributed by atoms with van der Waals surface area (Å²) in [6, 6.07) is 9.40. The topological polar surface area (TPSA) is 0 Å². The summed E-state index contributed by atoms with van der Waals surface area (Å²) in [4.78, 5) is 0. The Hall–Kier alpha value is -0.850. The smallest absolute Gasteiger partial charge is 0.189 e. The molecule has 1 aromatic carbocycles. The van der Waals surface area contributed by atoms with E-state index in [9.17, 15) is 4.39 Å². The Bertz CT molecular complexity index is 157. The molecule has 0 N–H and O–H groups in total. The number of halogens is 1. The highest BCUT2D eigenvalue weighted by molar-refractivity contribution is 5.15. The molecule has 0 aromatic heterocycles. The Balaban J connectivity index is 2.61. The summed E-state index contributed by atoms with van der Waals surface area (Å²) >= 11 is 0. The molecular formula is C8H7F. The molecule has 0 nitrogen and oxygen atoms in total. The molecule has 1 rings (SSSR count). The highest BCUT2D eigenvalue weighted by Gasteiger charge is 1.88. The van der Waals surface area contributed by atoms with Crippen molar-refractivity contribution in [2.45, 2.75) is 6.42 Å². The summed E-state index contributed by atoms with van der Waals surface area (Å²) in [5.74, 6) is 0. The molecule has 0 unspecified atom stereocenters. The minimum absolute atomic E-state index is 0.292. The second kappa shape index (κ2) is 3.23. The van der Waals surface area contributed by atoms with Gasteiger partial charge in [-0.2, -0.15) is 0 Å². The van der Waals surface area contributed by atoms with Gasteiger partial charge in [0.15, 0.2) is 6.67 Å². The highest BCUT2D eigenvalue weighted by Crippen LogP contribution is 2.00. The van der Waals surface area contributed by atoms with Crippen LogP contribution in [0.15, 0.2) is 30.3 Å². The van der Waals surface area contributed by atoms with Gasteiger partial charge < -0.3 is 0 Å². The van der Waals surface area contributed by atoms with E-state index in [-0.39, 0.29) is 0 Å². The number of hydrogen-bond acceptors (Lipinski definition) is 0. The third-order valence-corrected chi connectivity index (χ3v) is 1.11. The minimum atomic E-state index is 0.292. The summed E-state index contributed by atoms with van der Waals surface area (Å²) in [5.41, 5.74) is 0.958. The van der Waals surface area contributed by atoms with Crippen LogP contribution in [0.3, 0.4) is 0 Å². The van der Waals surface area contributed by atoms with Gasteiger partial charge in [0.05, 0.1) is 0 Å². The molecule has 0 saturated carbocycles. The first-order valence-electron chi connectivity index (χ1n) is 2.81. The SMILES string of the molecule is F[C]Cc1ccccc1. The molecule has 46 valence electrons. The number of rotatable bonds is 2. The Kier molecular flexibility index (Phi) is 2.25. The van der Waals surface area contributed by atoms with Crippen molar-refractivity contribution < 1.29 is 4.39 Å². The Morgan fingerprint density at radius 1 is 1.22 bits per heavy atom. The van der Waals surface area contributed by atoms with Gasteiger partial charge >= 0.3 is 0 Å². The van der Waals surface area contributed by atoms with Crippen molar-refractivity contribution in [3.05, 3.63) is 42.6 Å². The third kappa shape index (κ3) is 1.84. The van der Waals surface area contributed by atoms with E-state index < -0.39 is 0 Å². The van der Waals surface area contributed by atoms with Gasteiger partial charge in [0, 0.05) is 6.42 Å². The monoisotopic (exact) mass is 122 g/mol. The van der Waals surface area contributed by atoms with Gasteiger partial charge in [0.2, 0.25) is 0 Å². The van der Waals surface area contributed by atoms with E-state index in [1.165, 1.54) is 0 Å². The van der Waals surface area contributed by atoms with Gasteiger partial charge in [0.1, 0.15) is 0 Å². The summed E-state index contributed by atoms with van der Waals surface area (Å²) in [7, 11) is 0.